The van der Waals surface area contributed by atoms with E-state index in [9.17, 15) is 9.59 Å². The Morgan fingerprint density at radius 2 is 2.00 bits per heavy atom. The Morgan fingerprint density at radius 1 is 1.18 bits per heavy atom. The standard InChI is InChI=1S/C17H23N3O2/c21-16-12-19-17(22)20(16)11-5-10-18-15-9-4-8-14(15)13-6-2-1-3-7-13/h1-3,6-7,14-15,18H,4-5,8-12H2,(H,19,22)/t14-,15-/m1/s1. The molecule has 2 N–H and O–H groups in total. The van der Waals surface area contributed by atoms with Crippen LogP contribution in [0.4, 0.5) is 4.79 Å². The van der Waals surface area contributed by atoms with Gasteiger partial charge in [-0.15, -0.1) is 0 Å². The molecule has 3 rings (SSSR count). The van der Waals surface area contributed by atoms with Gasteiger partial charge in [0.15, 0.2) is 0 Å². The predicted molar refractivity (Wildman–Crippen MR) is 84.6 cm³/mol. The molecule has 5 heteroatoms. The van der Waals surface area contributed by atoms with Crippen molar-refractivity contribution in [2.24, 2.45) is 0 Å². The molecular formula is C17H23N3O2. The van der Waals surface area contributed by atoms with Crippen molar-refractivity contribution in [3.8, 4) is 0 Å². The van der Waals surface area contributed by atoms with Gasteiger partial charge in [-0.25, -0.2) is 4.79 Å². The quantitative estimate of drug-likeness (QED) is 0.623. The van der Waals surface area contributed by atoms with Gasteiger partial charge in [0.1, 0.15) is 0 Å². The van der Waals surface area contributed by atoms with Gasteiger partial charge in [-0.3, -0.25) is 9.69 Å². The number of nitrogens with zero attached hydrogens (tertiary/aromatic N) is 1. The summed E-state index contributed by atoms with van der Waals surface area (Å²) in [6, 6.07) is 10.9. The van der Waals surface area contributed by atoms with E-state index in [0.29, 0.717) is 18.5 Å². The molecule has 1 aliphatic carbocycles. The molecule has 0 aromatic heterocycles. The first-order chi connectivity index (χ1) is 10.8. The van der Waals surface area contributed by atoms with E-state index in [1.54, 1.807) is 0 Å². The summed E-state index contributed by atoms with van der Waals surface area (Å²) in [6.45, 7) is 1.48. The second-order valence-electron chi connectivity index (χ2n) is 6.07. The molecule has 1 saturated heterocycles. The van der Waals surface area contributed by atoms with E-state index in [4.69, 9.17) is 0 Å². The van der Waals surface area contributed by atoms with Crippen LogP contribution in [-0.4, -0.2) is 42.5 Å². The molecular weight excluding hydrogens is 278 g/mol. The molecule has 3 amide bonds. The van der Waals surface area contributed by atoms with Crippen LogP contribution in [0.3, 0.4) is 0 Å². The summed E-state index contributed by atoms with van der Waals surface area (Å²) in [5.74, 6) is 0.464. The molecule has 1 aliphatic heterocycles. The number of carbonyl (C=O) groups is 2. The van der Waals surface area contributed by atoms with E-state index >= 15 is 0 Å². The second-order valence-corrected chi connectivity index (χ2v) is 6.07. The average Bonchev–Trinajstić information content (AvgIpc) is 3.13. The zero-order chi connectivity index (χ0) is 15.4. The maximum Gasteiger partial charge on any atom is 0.324 e. The van der Waals surface area contributed by atoms with Crippen LogP contribution in [0.1, 0.15) is 37.2 Å². The van der Waals surface area contributed by atoms with Gasteiger partial charge in [0.25, 0.3) is 0 Å². The number of urea groups is 1. The predicted octanol–water partition coefficient (Wildman–Crippen LogP) is 1.85. The number of imide groups is 1. The van der Waals surface area contributed by atoms with Crippen LogP contribution in [0.15, 0.2) is 30.3 Å². The highest BCUT2D eigenvalue weighted by molar-refractivity contribution is 6.01. The van der Waals surface area contributed by atoms with Gasteiger partial charge in [-0.2, -0.15) is 0 Å². The summed E-state index contributed by atoms with van der Waals surface area (Å²) in [7, 11) is 0. The number of hydrogen-bond acceptors (Lipinski definition) is 3. The molecule has 2 fully saturated rings. The number of amides is 3. The van der Waals surface area contributed by atoms with Crippen LogP contribution in [-0.2, 0) is 4.79 Å². The van der Waals surface area contributed by atoms with Gasteiger partial charge in [-0.1, -0.05) is 36.8 Å². The molecule has 1 aromatic rings. The molecule has 0 spiro atoms. The van der Waals surface area contributed by atoms with Crippen LogP contribution in [0.25, 0.3) is 0 Å². The Kier molecular flexibility index (Phi) is 4.73. The first kappa shape index (κ1) is 15.0. The van der Waals surface area contributed by atoms with Crippen molar-refractivity contribution in [1.82, 2.24) is 15.5 Å². The summed E-state index contributed by atoms with van der Waals surface area (Å²) in [4.78, 5) is 24.3. The summed E-state index contributed by atoms with van der Waals surface area (Å²) in [5, 5.41) is 6.16. The van der Waals surface area contributed by atoms with Crippen molar-refractivity contribution < 1.29 is 9.59 Å². The molecule has 2 atom stereocenters. The molecule has 1 saturated carbocycles. The number of hydrogen-bond donors (Lipinski definition) is 2. The van der Waals surface area contributed by atoms with Crippen LogP contribution in [0.2, 0.25) is 0 Å². The maximum atomic E-state index is 11.5. The van der Waals surface area contributed by atoms with Crippen LogP contribution >= 0.6 is 0 Å². The second kappa shape index (κ2) is 6.92. The highest BCUT2D eigenvalue weighted by atomic mass is 16.2. The van der Waals surface area contributed by atoms with Crippen LogP contribution < -0.4 is 10.6 Å². The monoisotopic (exact) mass is 301 g/mol. The third kappa shape index (κ3) is 3.30. The molecule has 5 nitrogen and oxygen atoms in total. The summed E-state index contributed by atoms with van der Waals surface area (Å²) in [6.07, 6.45) is 4.48. The van der Waals surface area contributed by atoms with E-state index in [1.165, 1.54) is 29.7 Å². The van der Waals surface area contributed by atoms with Crippen molar-refractivity contribution in [2.45, 2.75) is 37.6 Å². The van der Waals surface area contributed by atoms with E-state index in [1.807, 2.05) is 0 Å². The number of nitrogens with one attached hydrogen (secondary N) is 2. The highest BCUT2D eigenvalue weighted by Gasteiger charge is 2.29. The molecule has 0 radical (unpaired) electrons. The lowest BCUT2D eigenvalue weighted by molar-refractivity contribution is -0.125. The Bertz CT molecular complexity index is 516. The first-order valence-corrected chi connectivity index (χ1v) is 8.12. The zero-order valence-corrected chi connectivity index (χ0v) is 12.8. The van der Waals surface area contributed by atoms with E-state index in [2.05, 4.69) is 41.0 Å². The fourth-order valence-corrected chi connectivity index (χ4v) is 3.51. The van der Waals surface area contributed by atoms with Gasteiger partial charge in [-0.05, 0) is 37.3 Å². The molecule has 118 valence electrons. The average molecular weight is 301 g/mol. The fraction of sp³-hybridized carbons (Fsp3) is 0.529. The number of rotatable bonds is 6. The summed E-state index contributed by atoms with van der Waals surface area (Å²) in [5.41, 5.74) is 1.41. The smallest absolute Gasteiger partial charge is 0.324 e. The van der Waals surface area contributed by atoms with Gasteiger partial charge in [0, 0.05) is 12.6 Å². The number of benzene rings is 1. The van der Waals surface area contributed by atoms with Gasteiger partial charge < -0.3 is 10.6 Å². The van der Waals surface area contributed by atoms with Crippen molar-refractivity contribution in [2.75, 3.05) is 19.6 Å². The zero-order valence-electron chi connectivity index (χ0n) is 12.8. The molecule has 1 heterocycles. The van der Waals surface area contributed by atoms with Gasteiger partial charge in [0.2, 0.25) is 5.91 Å². The normalized spacial score (nSPS) is 24.8. The minimum atomic E-state index is -0.256. The highest BCUT2D eigenvalue weighted by Crippen LogP contribution is 2.34. The lowest BCUT2D eigenvalue weighted by atomic mass is 9.94. The summed E-state index contributed by atoms with van der Waals surface area (Å²) >= 11 is 0. The summed E-state index contributed by atoms with van der Waals surface area (Å²) < 4.78 is 0. The molecule has 1 aromatic carbocycles. The fourth-order valence-electron chi connectivity index (χ4n) is 3.51. The van der Waals surface area contributed by atoms with Crippen molar-refractivity contribution in [3.63, 3.8) is 0 Å². The van der Waals surface area contributed by atoms with Crippen molar-refractivity contribution in [1.29, 1.82) is 0 Å². The Morgan fingerprint density at radius 3 is 2.73 bits per heavy atom. The lowest BCUT2D eigenvalue weighted by Crippen LogP contribution is -2.36. The lowest BCUT2D eigenvalue weighted by Gasteiger charge is -2.22. The third-order valence-electron chi connectivity index (χ3n) is 4.65. The third-order valence-corrected chi connectivity index (χ3v) is 4.65. The van der Waals surface area contributed by atoms with E-state index in [-0.39, 0.29) is 18.5 Å². The Balaban J connectivity index is 1.45. The van der Waals surface area contributed by atoms with Crippen molar-refractivity contribution >= 4 is 11.9 Å². The number of carbonyl (C=O) groups excluding carboxylic acids is 2. The largest absolute Gasteiger partial charge is 0.329 e. The van der Waals surface area contributed by atoms with Crippen molar-refractivity contribution in [3.05, 3.63) is 35.9 Å². The van der Waals surface area contributed by atoms with E-state index < -0.39 is 0 Å². The first-order valence-electron chi connectivity index (χ1n) is 8.12. The SMILES string of the molecule is O=C1CNC(=O)N1CCCN[C@@H]1CCC[C@@H]1c1ccccc1. The molecule has 2 aliphatic rings. The van der Waals surface area contributed by atoms with E-state index in [0.717, 1.165) is 13.0 Å². The minimum Gasteiger partial charge on any atom is -0.329 e. The Hall–Kier alpha value is -1.88. The maximum absolute atomic E-state index is 11.5. The van der Waals surface area contributed by atoms with Crippen LogP contribution in [0, 0.1) is 0 Å². The molecule has 0 unspecified atom stereocenters. The topological polar surface area (TPSA) is 61.4 Å². The minimum absolute atomic E-state index is 0.118. The molecule has 0 bridgehead atoms. The molecule has 22 heavy (non-hydrogen) atoms. The van der Waals surface area contributed by atoms with Gasteiger partial charge in [0.05, 0.1) is 6.54 Å². The van der Waals surface area contributed by atoms with Gasteiger partial charge >= 0.3 is 6.03 Å². The van der Waals surface area contributed by atoms with Crippen LogP contribution in [0.5, 0.6) is 0 Å². The Labute approximate surface area is 131 Å².